The Morgan fingerprint density at radius 2 is 2.38 bits per heavy atom. The maximum absolute atomic E-state index is 12.8. The second-order valence-corrected chi connectivity index (χ2v) is 3.63. The van der Waals surface area contributed by atoms with Gasteiger partial charge < -0.3 is 11.1 Å². The minimum Gasteiger partial charge on any atom is -0.398 e. The highest BCUT2D eigenvalue weighted by Gasteiger charge is 2.12. The number of nitrogen functional groups attached to an aromatic ring is 1. The summed E-state index contributed by atoms with van der Waals surface area (Å²) in [5, 5.41) is 2.74. The van der Waals surface area contributed by atoms with Gasteiger partial charge >= 0.3 is 0 Å². The van der Waals surface area contributed by atoms with Gasteiger partial charge in [-0.3, -0.25) is 4.79 Å². The summed E-state index contributed by atoms with van der Waals surface area (Å²) >= 11 is 0. The van der Waals surface area contributed by atoms with E-state index in [0.29, 0.717) is 6.42 Å². The molecule has 0 aliphatic heterocycles. The van der Waals surface area contributed by atoms with E-state index in [4.69, 9.17) is 5.73 Å². The topological polar surface area (TPSA) is 55.1 Å². The van der Waals surface area contributed by atoms with Crippen LogP contribution in [0.2, 0.25) is 0 Å². The molecule has 0 bridgehead atoms. The van der Waals surface area contributed by atoms with Crippen LogP contribution in [0.3, 0.4) is 0 Å². The van der Waals surface area contributed by atoms with Crippen molar-refractivity contribution >= 4 is 11.6 Å². The van der Waals surface area contributed by atoms with Crippen LogP contribution >= 0.6 is 0 Å². The zero-order valence-corrected chi connectivity index (χ0v) is 9.16. The Kier molecular flexibility index (Phi) is 4.05. The fraction of sp³-hybridized carbons (Fsp3) is 0.250. The summed E-state index contributed by atoms with van der Waals surface area (Å²) in [6.45, 7) is 5.44. The zero-order valence-electron chi connectivity index (χ0n) is 9.16. The lowest BCUT2D eigenvalue weighted by Gasteiger charge is -2.12. The van der Waals surface area contributed by atoms with E-state index in [2.05, 4.69) is 11.9 Å². The zero-order chi connectivity index (χ0) is 12.1. The number of carbonyl (C=O) groups excluding carboxylic acids is 1. The van der Waals surface area contributed by atoms with E-state index in [-0.39, 0.29) is 23.2 Å². The average molecular weight is 222 g/mol. The third kappa shape index (κ3) is 3.08. The standard InChI is InChI=1S/C12H15FN2O/c1-3-4-8(2)15-12(16)10-6-5-9(13)7-11(10)14/h3,5-8H,1,4,14H2,2H3,(H,15,16). The van der Waals surface area contributed by atoms with Gasteiger partial charge in [0.25, 0.3) is 5.91 Å². The summed E-state index contributed by atoms with van der Waals surface area (Å²) in [4.78, 5) is 11.7. The van der Waals surface area contributed by atoms with Gasteiger partial charge in [0.2, 0.25) is 0 Å². The molecule has 86 valence electrons. The second-order valence-electron chi connectivity index (χ2n) is 3.63. The number of hydrogen-bond donors (Lipinski definition) is 2. The van der Waals surface area contributed by atoms with Crippen molar-refractivity contribution in [2.24, 2.45) is 0 Å². The van der Waals surface area contributed by atoms with Crippen molar-refractivity contribution in [1.82, 2.24) is 5.32 Å². The Balaban J connectivity index is 2.76. The summed E-state index contributed by atoms with van der Waals surface area (Å²) in [6, 6.07) is 3.70. The molecule has 4 heteroatoms. The fourth-order valence-corrected chi connectivity index (χ4v) is 1.35. The van der Waals surface area contributed by atoms with Gasteiger partial charge in [0, 0.05) is 11.7 Å². The first kappa shape index (κ1) is 12.2. The van der Waals surface area contributed by atoms with Crippen molar-refractivity contribution in [2.75, 3.05) is 5.73 Å². The second kappa shape index (κ2) is 5.30. The summed E-state index contributed by atoms with van der Waals surface area (Å²) in [6.07, 6.45) is 2.39. The van der Waals surface area contributed by atoms with Crippen molar-refractivity contribution in [1.29, 1.82) is 0 Å². The Morgan fingerprint density at radius 1 is 1.69 bits per heavy atom. The molecule has 1 aromatic rings. The van der Waals surface area contributed by atoms with Crippen molar-refractivity contribution in [2.45, 2.75) is 19.4 Å². The van der Waals surface area contributed by atoms with E-state index in [0.717, 1.165) is 6.07 Å². The average Bonchev–Trinajstić information content (AvgIpc) is 2.17. The number of hydrogen-bond acceptors (Lipinski definition) is 2. The molecule has 0 saturated heterocycles. The summed E-state index contributed by atoms with van der Waals surface area (Å²) in [5.74, 6) is -0.750. The quantitative estimate of drug-likeness (QED) is 0.605. The normalized spacial score (nSPS) is 11.9. The van der Waals surface area contributed by atoms with Gasteiger partial charge in [-0.15, -0.1) is 6.58 Å². The predicted octanol–water partition coefficient (Wildman–Crippen LogP) is 2.10. The van der Waals surface area contributed by atoms with E-state index >= 15 is 0 Å². The van der Waals surface area contributed by atoms with Crippen molar-refractivity contribution < 1.29 is 9.18 Å². The molecule has 1 aromatic carbocycles. The molecule has 3 nitrogen and oxygen atoms in total. The summed E-state index contributed by atoms with van der Waals surface area (Å²) in [7, 11) is 0. The van der Waals surface area contributed by atoms with Crippen LogP contribution in [0.25, 0.3) is 0 Å². The maximum atomic E-state index is 12.8. The molecule has 0 heterocycles. The fourth-order valence-electron chi connectivity index (χ4n) is 1.35. The van der Waals surface area contributed by atoms with Crippen LogP contribution in [-0.2, 0) is 0 Å². The lowest BCUT2D eigenvalue weighted by molar-refractivity contribution is 0.0941. The van der Waals surface area contributed by atoms with Gasteiger partial charge in [0.1, 0.15) is 5.82 Å². The first-order valence-electron chi connectivity index (χ1n) is 5.01. The maximum Gasteiger partial charge on any atom is 0.253 e. The SMILES string of the molecule is C=CCC(C)NC(=O)c1ccc(F)cc1N. The molecule has 0 spiro atoms. The monoisotopic (exact) mass is 222 g/mol. The van der Waals surface area contributed by atoms with Gasteiger partial charge in [-0.2, -0.15) is 0 Å². The predicted molar refractivity (Wildman–Crippen MR) is 62.6 cm³/mol. The molecular weight excluding hydrogens is 207 g/mol. The van der Waals surface area contributed by atoms with Crippen LogP contribution in [0.4, 0.5) is 10.1 Å². The number of rotatable bonds is 4. The van der Waals surface area contributed by atoms with Crippen LogP contribution in [0.1, 0.15) is 23.7 Å². The Labute approximate surface area is 94.1 Å². The van der Waals surface area contributed by atoms with Crippen LogP contribution in [0.5, 0.6) is 0 Å². The Morgan fingerprint density at radius 3 is 2.94 bits per heavy atom. The van der Waals surface area contributed by atoms with Gasteiger partial charge in [0.15, 0.2) is 0 Å². The van der Waals surface area contributed by atoms with Gasteiger partial charge in [0.05, 0.1) is 5.56 Å². The number of anilines is 1. The molecule has 0 fully saturated rings. The van der Waals surface area contributed by atoms with Crippen LogP contribution in [0, 0.1) is 5.82 Å². The third-order valence-electron chi connectivity index (χ3n) is 2.16. The highest BCUT2D eigenvalue weighted by atomic mass is 19.1. The molecule has 0 aliphatic rings. The van der Waals surface area contributed by atoms with Gasteiger partial charge in [-0.25, -0.2) is 4.39 Å². The third-order valence-corrected chi connectivity index (χ3v) is 2.16. The highest BCUT2D eigenvalue weighted by Crippen LogP contribution is 2.13. The molecule has 1 unspecified atom stereocenters. The molecule has 3 N–H and O–H groups in total. The van der Waals surface area contributed by atoms with Gasteiger partial charge in [-0.1, -0.05) is 6.08 Å². The van der Waals surface area contributed by atoms with Gasteiger partial charge in [-0.05, 0) is 31.5 Å². The minimum atomic E-state index is -0.451. The van der Waals surface area contributed by atoms with Crippen LogP contribution < -0.4 is 11.1 Å². The molecule has 0 aliphatic carbocycles. The minimum absolute atomic E-state index is 0.0190. The van der Waals surface area contributed by atoms with E-state index in [1.54, 1.807) is 6.08 Å². The number of amides is 1. The first-order valence-corrected chi connectivity index (χ1v) is 5.01. The molecule has 1 atom stereocenters. The molecule has 1 amide bonds. The first-order chi connectivity index (χ1) is 7.54. The lowest BCUT2D eigenvalue weighted by atomic mass is 10.1. The van der Waals surface area contributed by atoms with Crippen LogP contribution in [0.15, 0.2) is 30.9 Å². The smallest absolute Gasteiger partial charge is 0.253 e. The van der Waals surface area contributed by atoms with E-state index < -0.39 is 5.82 Å². The molecule has 0 saturated carbocycles. The number of carbonyl (C=O) groups is 1. The largest absolute Gasteiger partial charge is 0.398 e. The number of benzene rings is 1. The Bertz CT molecular complexity index is 404. The number of nitrogens with one attached hydrogen (secondary N) is 1. The lowest BCUT2D eigenvalue weighted by Crippen LogP contribution is -2.32. The number of nitrogens with two attached hydrogens (primary N) is 1. The highest BCUT2D eigenvalue weighted by molar-refractivity contribution is 5.99. The summed E-state index contributed by atoms with van der Waals surface area (Å²) in [5.41, 5.74) is 5.98. The molecule has 1 rings (SSSR count). The molecule has 0 aromatic heterocycles. The Hall–Kier alpha value is -1.84. The van der Waals surface area contributed by atoms with Crippen molar-refractivity contribution in [3.05, 3.63) is 42.2 Å². The number of halogens is 1. The molecular formula is C12H15FN2O. The molecule has 0 radical (unpaired) electrons. The van der Waals surface area contributed by atoms with E-state index in [9.17, 15) is 9.18 Å². The van der Waals surface area contributed by atoms with Crippen LogP contribution in [-0.4, -0.2) is 11.9 Å². The summed E-state index contributed by atoms with van der Waals surface area (Å²) < 4.78 is 12.8. The van der Waals surface area contributed by atoms with Crippen molar-refractivity contribution in [3.63, 3.8) is 0 Å². The van der Waals surface area contributed by atoms with Crippen molar-refractivity contribution in [3.8, 4) is 0 Å². The van der Waals surface area contributed by atoms with E-state index in [1.165, 1.54) is 12.1 Å². The van der Waals surface area contributed by atoms with E-state index in [1.807, 2.05) is 6.92 Å². The molecule has 16 heavy (non-hydrogen) atoms.